The summed E-state index contributed by atoms with van der Waals surface area (Å²) in [6.45, 7) is 8.47. The second kappa shape index (κ2) is 13.6. The van der Waals surface area contributed by atoms with Crippen LogP contribution in [0.25, 0.3) is 0 Å². The highest BCUT2D eigenvalue weighted by Gasteiger charge is 2.38. The minimum Gasteiger partial charge on any atom is -0.491 e. The number of aliphatic hydroxyl groups excluding tert-OH is 1. The van der Waals surface area contributed by atoms with E-state index >= 15 is 0 Å². The molecule has 0 aromatic heterocycles. The molecule has 2 aromatic carbocycles. The van der Waals surface area contributed by atoms with Crippen LogP contribution in [0, 0.1) is 17.3 Å². The molecule has 2 aliphatic rings. The highest BCUT2D eigenvalue weighted by molar-refractivity contribution is 7.97. The van der Waals surface area contributed by atoms with Crippen molar-refractivity contribution in [3.05, 3.63) is 70.3 Å². The Kier molecular flexibility index (Phi) is 10.5. The largest absolute Gasteiger partial charge is 0.491 e. The molecular weight excluding hydrogens is 544 g/mol. The molecule has 0 amide bonds. The number of ether oxygens (including phenoxy) is 1. The van der Waals surface area contributed by atoms with Gasteiger partial charge in [-0.1, -0.05) is 69.0 Å². The summed E-state index contributed by atoms with van der Waals surface area (Å²) in [7, 11) is 0. The number of allylic oxidation sites excluding steroid dienone is 1. The van der Waals surface area contributed by atoms with Crippen molar-refractivity contribution in [3.63, 3.8) is 0 Å². The lowest BCUT2D eigenvalue weighted by Gasteiger charge is -2.42. The number of anilines is 1. The number of carboxylic acids is 1. The molecule has 1 aliphatic carbocycles. The SMILES string of the molecule is CCCc1cc(Cl)ccc1C1COc2ccc(C(=O)O)cc2N(CC2CCC2C(O)/C=C/CC(C)(C)CSN)C1. The molecule has 1 aliphatic heterocycles. The van der Waals surface area contributed by atoms with Gasteiger partial charge in [0.15, 0.2) is 0 Å². The zero-order valence-electron chi connectivity index (χ0n) is 23.8. The molecular formula is C32H43ClN2O4S. The minimum atomic E-state index is -0.954. The van der Waals surface area contributed by atoms with Crippen molar-refractivity contribution in [2.24, 2.45) is 22.4 Å². The number of carboxylic acid groups (broad SMARTS) is 1. The van der Waals surface area contributed by atoms with Crippen LogP contribution < -0.4 is 14.8 Å². The van der Waals surface area contributed by atoms with Gasteiger partial charge in [-0.2, -0.15) is 0 Å². The molecule has 6 nitrogen and oxygen atoms in total. The highest BCUT2D eigenvalue weighted by atomic mass is 35.5. The summed E-state index contributed by atoms with van der Waals surface area (Å²) in [5, 5.41) is 27.2. The number of carbonyl (C=O) groups is 1. The van der Waals surface area contributed by atoms with E-state index in [0.29, 0.717) is 24.8 Å². The number of nitrogens with two attached hydrogens (primary N) is 1. The summed E-state index contributed by atoms with van der Waals surface area (Å²) in [6, 6.07) is 11.2. The minimum absolute atomic E-state index is 0.0829. The molecule has 0 spiro atoms. The van der Waals surface area contributed by atoms with Crippen LogP contribution in [0.5, 0.6) is 5.75 Å². The molecule has 0 saturated heterocycles. The van der Waals surface area contributed by atoms with Crippen LogP contribution in [0.15, 0.2) is 48.6 Å². The normalized spacial score (nSPS) is 21.9. The zero-order valence-corrected chi connectivity index (χ0v) is 25.4. The van der Waals surface area contributed by atoms with Crippen LogP contribution in [0.1, 0.15) is 73.9 Å². The van der Waals surface area contributed by atoms with Gasteiger partial charge in [0.25, 0.3) is 0 Å². The first-order valence-corrected chi connectivity index (χ1v) is 15.7. The lowest BCUT2D eigenvalue weighted by Crippen LogP contribution is -2.44. The number of hydrogen-bond donors (Lipinski definition) is 3. The van der Waals surface area contributed by atoms with Crippen LogP contribution in [0.2, 0.25) is 5.02 Å². The van der Waals surface area contributed by atoms with E-state index < -0.39 is 12.1 Å². The van der Waals surface area contributed by atoms with Crippen LogP contribution in [0.3, 0.4) is 0 Å². The lowest BCUT2D eigenvalue weighted by atomic mass is 9.70. The van der Waals surface area contributed by atoms with E-state index in [-0.39, 0.29) is 22.8 Å². The topological polar surface area (TPSA) is 96.0 Å². The number of hydrogen-bond acceptors (Lipinski definition) is 6. The van der Waals surface area contributed by atoms with Crippen molar-refractivity contribution in [2.75, 3.05) is 30.3 Å². The third-order valence-corrected chi connectivity index (χ3v) is 9.52. The van der Waals surface area contributed by atoms with E-state index in [4.69, 9.17) is 21.5 Å². The summed E-state index contributed by atoms with van der Waals surface area (Å²) < 4.78 is 6.32. The summed E-state index contributed by atoms with van der Waals surface area (Å²) >= 11 is 7.71. The predicted octanol–water partition coefficient (Wildman–Crippen LogP) is 6.94. The molecule has 4 N–H and O–H groups in total. The number of halogens is 1. The fourth-order valence-corrected chi connectivity index (χ4v) is 6.72. The molecule has 8 heteroatoms. The molecule has 1 heterocycles. The Hall–Kier alpha value is -2.19. The molecule has 4 unspecified atom stereocenters. The van der Waals surface area contributed by atoms with Crippen molar-refractivity contribution in [3.8, 4) is 5.75 Å². The average Bonchev–Trinajstić information content (AvgIpc) is 3.05. The van der Waals surface area contributed by atoms with Crippen LogP contribution in [0.4, 0.5) is 5.69 Å². The number of aromatic carboxylic acids is 1. The smallest absolute Gasteiger partial charge is 0.335 e. The van der Waals surface area contributed by atoms with Crippen LogP contribution in [-0.4, -0.2) is 47.7 Å². The molecule has 4 rings (SSSR count). The van der Waals surface area contributed by atoms with Gasteiger partial charge in [0.2, 0.25) is 0 Å². The standard InChI is InChI=1S/C32H43ClN2O4S/c1-4-6-21-15-25(33)10-12-26(21)24-18-35(28-16-22(31(37)38)9-13-30(28)39-19-24)17-23-8-11-27(23)29(36)7-5-14-32(2,3)20-40-34/h5,7,9-10,12-13,15-16,23-24,27,29,36H,4,6,8,11,14,17-20,34H2,1-3H3,(H,37,38)/b7-5+. The second-order valence-electron chi connectivity index (χ2n) is 12.1. The third-order valence-electron chi connectivity index (χ3n) is 8.34. The zero-order chi connectivity index (χ0) is 28.9. The average molecular weight is 587 g/mol. The van der Waals surface area contributed by atoms with E-state index in [1.54, 1.807) is 18.2 Å². The fraction of sp³-hybridized carbons (Fsp3) is 0.531. The van der Waals surface area contributed by atoms with Gasteiger partial charge in [-0.15, -0.1) is 0 Å². The Morgan fingerprint density at radius 3 is 2.75 bits per heavy atom. The van der Waals surface area contributed by atoms with Crippen molar-refractivity contribution < 1.29 is 19.7 Å². The first kappa shape index (κ1) is 30.8. The maximum Gasteiger partial charge on any atom is 0.335 e. The van der Waals surface area contributed by atoms with Gasteiger partial charge in [-0.05, 0) is 84.4 Å². The summed E-state index contributed by atoms with van der Waals surface area (Å²) in [5.41, 5.74) is 3.60. The fourth-order valence-electron chi connectivity index (χ4n) is 5.95. The van der Waals surface area contributed by atoms with Crippen molar-refractivity contribution in [1.29, 1.82) is 0 Å². The molecule has 4 atom stereocenters. The number of aliphatic hydroxyl groups is 1. The third kappa shape index (κ3) is 7.55. The van der Waals surface area contributed by atoms with E-state index in [1.807, 2.05) is 12.1 Å². The Labute approximate surface area is 248 Å². The Morgan fingerprint density at radius 1 is 1.27 bits per heavy atom. The predicted molar refractivity (Wildman–Crippen MR) is 166 cm³/mol. The molecule has 0 bridgehead atoms. The quantitative estimate of drug-likeness (QED) is 0.183. The summed E-state index contributed by atoms with van der Waals surface area (Å²) in [6.07, 6.45) is 8.37. The molecule has 1 saturated carbocycles. The van der Waals surface area contributed by atoms with E-state index in [1.165, 1.54) is 23.1 Å². The van der Waals surface area contributed by atoms with Gasteiger partial charge in [-0.25, -0.2) is 4.79 Å². The van der Waals surface area contributed by atoms with Gasteiger partial charge in [0.05, 0.1) is 24.0 Å². The molecule has 218 valence electrons. The number of benzene rings is 2. The second-order valence-corrected chi connectivity index (χ2v) is 13.2. The van der Waals surface area contributed by atoms with E-state index in [2.05, 4.69) is 43.9 Å². The summed E-state index contributed by atoms with van der Waals surface area (Å²) in [4.78, 5) is 14.1. The molecule has 1 fully saturated rings. The van der Waals surface area contributed by atoms with Gasteiger partial charge >= 0.3 is 5.97 Å². The van der Waals surface area contributed by atoms with Gasteiger partial charge in [0, 0.05) is 29.8 Å². The maximum absolute atomic E-state index is 11.8. The summed E-state index contributed by atoms with van der Waals surface area (Å²) in [5.74, 6) is 1.18. The highest BCUT2D eigenvalue weighted by Crippen LogP contribution is 2.42. The van der Waals surface area contributed by atoms with Crippen molar-refractivity contribution in [2.45, 2.75) is 64.9 Å². The molecule has 0 radical (unpaired) electrons. The van der Waals surface area contributed by atoms with Gasteiger partial charge in [0.1, 0.15) is 5.75 Å². The maximum atomic E-state index is 11.8. The molecule has 40 heavy (non-hydrogen) atoms. The first-order chi connectivity index (χ1) is 19.1. The number of aryl methyl sites for hydroxylation is 1. The van der Waals surface area contributed by atoms with Gasteiger partial charge < -0.3 is 19.8 Å². The monoisotopic (exact) mass is 586 g/mol. The Bertz CT molecular complexity index is 1200. The lowest BCUT2D eigenvalue weighted by molar-refractivity contribution is 0.0460. The van der Waals surface area contributed by atoms with Gasteiger partial charge in [-0.3, -0.25) is 5.14 Å². The van der Waals surface area contributed by atoms with Crippen molar-refractivity contribution in [1.82, 2.24) is 0 Å². The van der Waals surface area contributed by atoms with Crippen LogP contribution >= 0.6 is 23.5 Å². The Balaban J connectivity index is 1.57. The Morgan fingerprint density at radius 2 is 2.08 bits per heavy atom. The number of fused-ring (bicyclic) bond motifs is 1. The van der Waals surface area contributed by atoms with Crippen molar-refractivity contribution >= 4 is 35.2 Å². The van der Waals surface area contributed by atoms with E-state index in [0.717, 1.165) is 55.1 Å². The first-order valence-electron chi connectivity index (χ1n) is 14.3. The van der Waals surface area contributed by atoms with Crippen LogP contribution in [-0.2, 0) is 6.42 Å². The number of nitrogens with zero attached hydrogens (tertiary/aromatic N) is 1. The molecule has 2 aromatic rings. The van der Waals surface area contributed by atoms with E-state index in [9.17, 15) is 15.0 Å². The number of rotatable bonds is 12.